The number of ether oxygens (including phenoxy) is 2. The van der Waals surface area contributed by atoms with Gasteiger partial charge in [-0.2, -0.15) is 0 Å². The van der Waals surface area contributed by atoms with Crippen molar-refractivity contribution < 1.29 is 13.9 Å². The van der Waals surface area contributed by atoms with E-state index in [2.05, 4.69) is 32.4 Å². The number of hydrogen-bond donors (Lipinski definition) is 2. The molecule has 1 aromatic carbocycles. The Morgan fingerprint density at radius 2 is 2.03 bits per heavy atom. The van der Waals surface area contributed by atoms with Gasteiger partial charge in [0.15, 0.2) is 11.5 Å². The number of H-pyrrole nitrogens is 1. The average molecular weight is 420 g/mol. The first-order chi connectivity index (χ1) is 15.2. The fraction of sp³-hybridized carbons (Fsp3) is 0.364. The molecular formula is C22H24N6O3. The summed E-state index contributed by atoms with van der Waals surface area (Å²) in [7, 11) is 3.26. The van der Waals surface area contributed by atoms with Gasteiger partial charge in [-0.1, -0.05) is 6.92 Å². The van der Waals surface area contributed by atoms with Gasteiger partial charge in [0.05, 0.1) is 43.1 Å². The molecule has 1 fully saturated rings. The van der Waals surface area contributed by atoms with E-state index in [0.29, 0.717) is 29.1 Å². The van der Waals surface area contributed by atoms with E-state index in [4.69, 9.17) is 18.9 Å². The Bertz CT molecular complexity index is 1230. The number of benzene rings is 1. The highest BCUT2D eigenvalue weighted by molar-refractivity contribution is 5.88. The van der Waals surface area contributed by atoms with Crippen LogP contribution in [0.15, 0.2) is 28.8 Å². The first kappa shape index (κ1) is 19.5. The predicted octanol–water partition coefficient (Wildman–Crippen LogP) is 3.33. The van der Waals surface area contributed by atoms with E-state index < -0.39 is 0 Å². The van der Waals surface area contributed by atoms with Crippen LogP contribution in [0.4, 0.5) is 0 Å². The minimum absolute atomic E-state index is 0.250. The smallest absolute Gasteiger partial charge is 0.285 e. The highest BCUT2D eigenvalue weighted by Gasteiger charge is 2.24. The third-order valence-corrected chi connectivity index (χ3v) is 5.70. The zero-order valence-electron chi connectivity index (χ0n) is 17.7. The normalized spacial score (nSPS) is 16.2. The molecular weight excluding hydrogens is 396 g/mol. The van der Waals surface area contributed by atoms with Gasteiger partial charge in [-0.05, 0) is 37.6 Å². The van der Waals surface area contributed by atoms with Gasteiger partial charge in [-0.15, -0.1) is 10.2 Å². The molecule has 1 aliphatic rings. The molecule has 31 heavy (non-hydrogen) atoms. The van der Waals surface area contributed by atoms with Crippen molar-refractivity contribution in [2.45, 2.75) is 25.7 Å². The first-order valence-corrected chi connectivity index (χ1v) is 10.4. The lowest BCUT2D eigenvalue weighted by Gasteiger charge is -2.09. The van der Waals surface area contributed by atoms with Gasteiger partial charge < -0.3 is 24.2 Å². The van der Waals surface area contributed by atoms with Gasteiger partial charge in [-0.3, -0.25) is 0 Å². The summed E-state index contributed by atoms with van der Waals surface area (Å²) in [5.41, 5.74) is 4.76. The van der Waals surface area contributed by atoms with Crippen LogP contribution in [0.2, 0.25) is 0 Å². The summed E-state index contributed by atoms with van der Waals surface area (Å²) in [4.78, 5) is 12.7. The van der Waals surface area contributed by atoms with Crippen LogP contribution in [0, 0.1) is 0 Å². The van der Waals surface area contributed by atoms with Gasteiger partial charge in [0.1, 0.15) is 0 Å². The SMILES string of the molecule is CCc1c(-c2ccc(OC)c(OC)c2)[nH]c2cnc(-c3nnc([C@@H]4CCNC4)o3)nc12. The molecule has 0 spiro atoms. The van der Waals surface area contributed by atoms with Gasteiger partial charge in [0.25, 0.3) is 5.89 Å². The van der Waals surface area contributed by atoms with E-state index in [1.165, 1.54) is 0 Å². The van der Waals surface area contributed by atoms with Gasteiger partial charge in [0.2, 0.25) is 11.7 Å². The lowest BCUT2D eigenvalue weighted by atomic mass is 10.0. The molecule has 0 radical (unpaired) electrons. The summed E-state index contributed by atoms with van der Waals surface area (Å²) in [6.07, 6.45) is 3.55. The van der Waals surface area contributed by atoms with E-state index in [0.717, 1.165) is 53.8 Å². The Labute approximate surface area is 179 Å². The molecule has 0 aliphatic carbocycles. The van der Waals surface area contributed by atoms with Crippen molar-refractivity contribution in [1.29, 1.82) is 0 Å². The maximum Gasteiger partial charge on any atom is 0.285 e. The molecule has 0 bridgehead atoms. The zero-order chi connectivity index (χ0) is 21.4. The maximum absolute atomic E-state index is 5.90. The Balaban J connectivity index is 1.55. The lowest BCUT2D eigenvalue weighted by molar-refractivity contribution is 0.355. The van der Waals surface area contributed by atoms with Crippen molar-refractivity contribution >= 4 is 11.0 Å². The summed E-state index contributed by atoms with van der Waals surface area (Å²) in [6, 6.07) is 5.85. The highest BCUT2D eigenvalue weighted by Crippen LogP contribution is 2.36. The monoisotopic (exact) mass is 420 g/mol. The average Bonchev–Trinajstić information content (AvgIpc) is 3.57. The number of nitrogens with zero attached hydrogens (tertiary/aromatic N) is 4. The van der Waals surface area contributed by atoms with Crippen molar-refractivity contribution in [1.82, 2.24) is 30.5 Å². The van der Waals surface area contributed by atoms with Crippen LogP contribution in [0.5, 0.6) is 11.5 Å². The molecule has 1 atom stereocenters. The fourth-order valence-electron chi connectivity index (χ4n) is 4.07. The van der Waals surface area contributed by atoms with Crippen molar-refractivity contribution in [2.75, 3.05) is 27.3 Å². The molecule has 0 amide bonds. The van der Waals surface area contributed by atoms with Crippen molar-refractivity contribution in [3.8, 4) is 34.5 Å². The van der Waals surface area contributed by atoms with Crippen LogP contribution in [-0.4, -0.2) is 52.5 Å². The number of fused-ring (bicyclic) bond motifs is 1. The van der Waals surface area contributed by atoms with Crippen LogP contribution in [-0.2, 0) is 6.42 Å². The van der Waals surface area contributed by atoms with Crippen molar-refractivity contribution in [3.05, 3.63) is 35.9 Å². The van der Waals surface area contributed by atoms with Gasteiger partial charge in [-0.25, -0.2) is 9.97 Å². The quantitative estimate of drug-likeness (QED) is 0.489. The molecule has 1 aliphatic heterocycles. The number of nitrogens with one attached hydrogen (secondary N) is 2. The third-order valence-electron chi connectivity index (χ3n) is 5.70. The largest absolute Gasteiger partial charge is 0.493 e. The number of rotatable bonds is 6. The Hall–Kier alpha value is -3.46. The molecule has 1 saturated heterocycles. The second-order valence-corrected chi connectivity index (χ2v) is 7.49. The second kappa shape index (κ2) is 7.99. The van der Waals surface area contributed by atoms with Crippen molar-refractivity contribution in [2.24, 2.45) is 0 Å². The van der Waals surface area contributed by atoms with E-state index in [1.54, 1.807) is 20.4 Å². The summed E-state index contributed by atoms with van der Waals surface area (Å²) in [6.45, 7) is 3.92. The zero-order valence-corrected chi connectivity index (χ0v) is 17.7. The van der Waals surface area contributed by atoms with Crippen LogP contribution in [0.1, 0.15) is 30.7 Å². The van der Waals surface area contributed by atoms with E-state index in [9.17, 15) is 0 Å². The fourth-order valence-corrected chi connectivity index (χ4v) is 4.07. The lowest BCUT2D eigenvalue weighted by Crippen LogP contribution is -2.08. The first-order valence-electron chi connectivity index (χ1n) is 10.4. The molecule has 0 unspecified atom stereocenters. The van der Waals surface area contributed by atoms with E-state index in [-0.39, 0.29) is 5.92 Å². The molecule has 160 valence electrons. The third kappa shape index (κ3) is 3.40. The van der Waals surface area contributed by atoms with Crippen LogP contribution < -0.4 is 14.8 Å². The molecule has 4 aromatic rings. The number of methoxy groups -OCH3 is 2. The van der Waals surface area contributed by atoms with Crippen LogP contribution in [0.3, 0.4) is 0 Å². The highest BCUT2D eigenvalue weighted by atomic mass is 16.5. The minimum Gasteiger partial charge on any atom is -0.493 e. The van der Waals surface area contributed by atoms with E-state index >= 15 is 0 Å². The molecule has 4 heterocycles. The number of aromatic nitrogens is 5. The number of hydrogen-bond acceptors (Lipinski definition) is 8. The molecule has 0 saturated carbocycles. The standard InChI is InChI=1S/C22H24N6O3/c1-4-14-18(12-5-6-16(29-2)17(9-12)30-3)25-15-11-24-20(26-19(14)15)22-28-27-21(31-22)13-7-8-23-10-13/h5-6,9,11,13,23,25H,4,7-8,10H2,1-3H3/t13-/m1/s1. The Morgan fingerprint density at radius 1 is 1.16 bits per heavy atom. The minimum atomic E-state index is 0.250. The van der Waals surface area contributed by atoms with Gasteiger partial charge >= 0.3 is 0 Å². The molecule has 3 aromatic heterocycles. The second-order valence-electron chi connectivity index (χ2n) is 7.49. The molecule has 5 rings (SSSR count). The predicted molar refractivity (Wildman–Crippen MR) is 115 cm³/mol. The maximum atomic E-state index is 5.90. The summed E-state index contributed by atoms with van der Waals surface area (Å²) in [5.74, 6) is 3.03. The molecule has 9 heteroatoms. The molecule has 2 N–H and O–H groups in total. The molecule has 9 nitrogen and oxygen atoms in total. The summed E-state index contributed by atoms with van der Waals surface area (Å²) < 4.78 is 16.7. The topological polar surface area (TPSA) is 111 Å². The Morgan fingerprint density at radius 3 is 2.77 bits per heavy atom. The van der Waals surface area contributed by atoms with Crippen molar-refractivity contribution in [3.63, 3.8) is 0 Å². The number of aryl methyl sites for hydroxylation is 1. The van der Waals surface area contributed by atoms with E-state index in [1.807, 2.05) is 18.2 Å². The van der Waals surface area contributed by atoms with Crippen LogP contribution >= 0.6 is 0 Å². The summed E-state index contributed by atoms with van der Waals surface area (Å²) >= 11 is 0. The Kier molecular flexibility index (Phi) is 5.03. The van der Waals surface area contributed by atoms with Gasteiger partial charge in [0, 0.05) is 17.7 Å². The number of aromatic amines is 1. The summed E-state index contributed by atoms with van der Waals surface area (Å²) in [5, 5.41) is 11.7. The van der Waals surface area contributed by atoms with Crippen LogP contribution in [0.25, 0.3) is 34.0 Å².